The van der Waals surface area contributed by atoms with Crippen LogP contribution in [0.15, 0.2) is 0 Å². The third kappa shape index (κ3) is 2.40. The van der Waals surface area contributed by atoms with Crippen molar-refractivity contribution in [2.24, 2.45) is 11.7 Å². The molecule has 0 aromatic heterocycles. The summed E-state index contributed by atoms with van der Waals surface area (Å²) < 4.78 is 16.1. The van der Waals surface area contributed by atoms with Gasteiger partial charge in [-0.2, -0.15) is 0 Å². The van der Waals surface area contributed by atoms with E-state index in [-0.39, 0.29) is 24.4 Å². The first-order chi connectivity index (χ1) is 6.22. The minimum absolute atomic E-state index is 0.105. The van der Waals surface area contributed by atoms with E-state index in [4.69, 9.17) is 19.9 Å². The topological polar surface area (TPSA) is 53.7 Å². The number of ether oxygens (including phenoxy) is 3. The van der Waals surface area contributed by atoms with E-state index in [0.717, 1.165) is 6.42 Å². The molecule has 0 aromatic rings. The van der Waals surface area contributed by atoms with Crippen LogP contribution in [0.4, 0.5) is 0 Å². The van der Waals surface area contributed by atoms with Gasteiger partial charge < -0.3 is 19.9 Å². The molecule has 4 heteroatoms. The lowest BCUT2D eigenvalue weighted by atomic mass is 9.91. The van der Waals surface area contributed by atoms with E-state index >= 15 is 0 Å². The molecule has 0 bridgehead atoms. The van der Waals surface area contributed by atoms with Crippen molar-refractivity contribution in [2.75, 3.05) is 20.8 Å². The van der Waals surface area contributed by atoms with Gasteiger partial charge in [-0.3, -0.25) is 0 Å². The quantitative estimate of drug-likeness (QED) is 0.696. The van der Waals surface area contributed by atoms with Gasteiger partial charge in [-0.1, -0.05) is 0 Å². The van der Waals surface area contributed by atoms with Crippen LogP contribution in [0.3, 0.4) is 0 Å². The smallest absolute Gasteiger partial charge is 0.160 e. The number of nitrogens with two attached hydrogens (primary N) is 1. The maximum atomic E-state index is 5.65. The lowest BCUT2D eigenvalue weighted by Gasteiger charge is -2.38. The predicted molar refractivity (Wildman–Crippen MR) is 49.3 cm³/mol. The van der Waals surface area contributed by atoms with Crippen molar-refractivity contribution in [3.63, 3.8) is 0 Å². The van der Waals surface area contributed by atoms with E-state index < -0.39 is 0 Å². The Morgan fingerprint density at radius 3 is 2.54 bits per heavy atom. The summed E-state index contributed by atoms with van der Waals surface area (Å²) in [5.74, 6) is 0.274. The highest BCUT2D eigenvalue weighted by atomic mass is 16.7. The highest BCUT2D eigenvalue weighted by molar-refractivity contribution is 4.82. The molecule has 13 heavy (non-hydrogen) atoms. The fraction of sp³-hybridized carbons (Fsp3) is 1.00. The van der Waals surface area contributed by atoms with Crippen LogP contribution < -0.4 is 5.73 Å². The molecule has 0 aliphatic carbocycles. The van der Waals surface area contributed by atoms with Crippen molar-refractivity contribution in [3.8, 4) is 0 Å². The average Bonchev–Trinajstić information content (AvgIpc) is 2.16. The van der Waals surface area contributed by atoms with E-state index in [0.29, 0.717) is 6.54 Å². The molecule has 0 radical (unpaired) electrons. The second-order valence-electron chi connectivity index (χ2n) is 3.42. The summed E-state index contributed by atoms with van der Waals surface area (Å²) in [4.78, 5) is 0. The Kier molecular flexibility index (Phi) is 4.12. The van der Waals surface area contributed by atoms with Crippen LogP contribution in [0.25, 0.3) is 0 Å². The third-order valence-electron chi connectivity index (χ3n) is 2.71. The summed E-state index contributed by atoms with van der Waals surface area (Å²) in [7, 11) is 3.35. The van der Waals surface area contributed by atoms with Crippen LogP contribution in [0.5, 0.6) is 0 Å². The molecule has 4 atom stereocenters. The number of rotatable bonds is 3. The summed E-state index contributed by atoms with van der Waals surface area (Å²) in [5.41, 5.74) is 5.65. The molecule has 0 saturated carbocycles. The highest BCUT2D eigenvalue weighted by Crippen LogP contribution is 2.26. The lowest BCUT2D eigenvalue weighted by molar-refractivity contribution is -0.223. The Hall–Kier alpha value is -0.160. The molecule has 0 unspecified atom stereocenters. The van der Waals surface area contributed by atoms with Gasteiger partial charge in [0.1, 0.15) is 0 Å². The average molecular weight is 189 g/mol. The van der Waals surface area contributed by atoms with E-state index in [1.54, 1.807) is 14.2 Å². The fourth-order valence-electron chi connectivity index (χ4n) is 1.83. The molecule has 1 rings (SSSR count). The van der Waals surface area contributed by atoms with Crippen molar-refractivity contribution < 1.29 is 14.2 Å². The SMILES string of the molecule is CO[C@H]1C[C@H](OC)[C@@H](CN)[C@H](C)O1. The standard InChI is InChI=1S/C9H19NO3/c1-6-7(5-10)8(11-2)4-9(12-3)13-6/h6-9H,4-5,10H2,1-3H3/t6-,7-,8-,9+/m0/s1. The van der Waals surface area contributed by atoms with Crippen molar-refractivity contribution in [3.05, 3.63) is 0 Å². The number of hydrogen-bond acceptors (Lipinski definition) is 4. The van der Waals surface area contributed by atoms with Gasteiger partial charge >= 0.3 is 0 Å². The minimum atomic E-state index is -0.150. The van der Waals surface area contributed by atoms with Crippen molar-refractivity contribution in [2.45, 2.75) is 31.8 Å². The molecule has 1 aliphatic heterocycles. The van der Waals surface area contributed by atoms with Gasteiger partial charge in [0.05, 0.1) is 12.2 Å². The molecule has 4 nitrogen and oxygen atoms in total. The summed E-state index contributed by atoms with van der Waals surface area (Å²) >= 11 is 0. The van der Waals surface area contributed by atoms with Crippen LogP contribution in [-0.2, 0) is 14.2 Å². The second kappa shape index (κ2) is 4.91. The van der Waals surface area contributed by atoms with Gasteiger partial charge in [0.15, 0.2) is 6.29 Å². The van der Waals surface area contributed by atoms with Gasteiger partial charge in [-0.15, -0.1) is 0 Å². The van der Waals surface area contributed by atoms with Crippen molar-refractivity contribution >= 4 is 0 Å². The summed E-state index contributed by atoms with van der Waals surface area (Å²) in [5, 5.41) is 0. The zero-order valence-corrected chi connectivity index (χ0v) is 8.53. The Bertz CT molecular complexity index is 154. The van der Waals surface area contributed by atoms with Gasteiger partial charge in [0, 0.05) is 33.1 Å². The molecule has 0 aromatic carbocycles. The predicted octanol–water partition coefficient (Wildman–Crippen LogP) is 0.358. The summed E-state index contributed by atoms with van der Waals surface area (Å²) in [6.45, 7) is 2.60. The number of methoxy groups -OCH3 is 2. The van der Waals surface area contributed by atoms with Crippen LogP contribution >= 0.6 is 0 Å². The molecule has 78 valence electrons. The molecule has 1 saturated heterocycles. The Morgan fingerprint density at radius 1 is 1.38 bits per heavy atom. The molecule has 1 heterocycles. The monoisotopic (exact) mass is 189 g/mol. The Morgan fingerprint density at radius 2 is 2.08 bits per heavy atom. The van der Waals surface area contributed by atoms with Crippen LogP contribution in [0.2, 0.25) is 0 Å². The first-order valence-electron chi connectivity index (χ1n) is 4.64. The molecule has 0 spiro atoms. The van der Waals surface area contributed by atoms with Gasteiger partial charge in [0.2, 0.25) is 0 Å². The minimum Gasteiger partial charge on any atom is -0.381 e. The first kappa shape index (κ1) is 10.9. The van der Waals surface area contributed by atoms with Crippen molar-refractivity contribution in [1.29, 1.82) is 0 Å². The summed E-state index contributed by atoms with van der Waals surface area (Å²) in [6.07, 6.45) is 0.870. The van der Waals surface area contributed by atoms with Crippen molar-refractivity contribution in [1.82, 2.24) is 0 Å². The maximum Gasteiger partial charge on any atom is 0.160 e. The van der Waals surface area contributed by atoms with Crippen LogP contribution in [0.1, 0.15) is 13.3 Å². The zero-order chi connectivity index (χ0) is 9.84. The fourth-order valence-corrected chi connectivity index (χ4v) is 1.83. The molecular formula is C9H19NO3. The Balaban J connectivity index is 2.57. The molecule has 1 fully saturated rings. The molecule has 0 amide bonds. The van der Waals surface area contributed by atoms with E-state index in [1.807, 2.05) is 6.92 Å². The van der Waals surface area contributed by atoms with Crippen LogP contribution in [-0.4, -0.2) is 39.3 Å². The van der Waals surface area contributed by atoms with E-state index in [1.165, 1.54) is 0 Å². The van der Waals surface area contributed by atoms with Gasteiger partial charge in [0.25, 0.3) is 0 Å². The van der Waals surface area contributed by atoms with Crippen LogP contribution in [0, 0.1) is 5.92 Å². The Labute approximate surface area is 79.3 Å². The lowest BCUT2D eigenvalue weighted by Crippen LogP contribution is -2.47. The first-order valence-corrected chi connectivity index (χ1v) is 4.64. The highest BCUT2D eigenvalue weighted by Gasteiger charge is 2.35. The van der Waals surface area contributed by atoms with Gasteiger partial charge in [-0.05, 0) is 6.92 Å². The third-order valence-corrected chi connectivity index (χ3v) is 2.71. The molecular weight excluding hydrogens is 170 g/mol. The van der Waals surface area contributed by atoms with E-state index in [2.05, 4.69) is 0 Å². The largest absolute Gasteiger partial charge is 0.381 e. The second-order valence-corrected chi connectivity index (χ2v) is 3.42. The van der Waals surface area contributed by atoms with Gasteiger partial charge in [-0.25, -0.2) is 0 Å². The van der Waals surface area contributed by atoms with E-state index in [9.17, 15) is 0 Å². The molecule has 1 aliphatic rings. The zero-order valence-electron chi connectivity index (χ0n) is 8.53. The number of hydrogen-bond donors (Lipinski definition) is 1. The molecule has 2 N–H and O–H groups in total. The maximum absolute atomic E-state index is 5.65. The normalized spacial score (nSPS) is 40.6. The summed E-state index contributed by atoms with van der Waals surface area (Å²) in [6, 6.07) is 0.